The lowest BCUT2D eigenvalue weighted by Crippen LogP contribution is -1.90. The van der Waals surface area contributed by atoms with Crippen LogP contribution < -0.4 is 9.47 Å². The third-order valence-corrected chi connectivity index (χ3v) is 5.11. The molecular weight excluding hydrogens is 432 g/mol. The van der Waals surface area contributed by atoms with Crippen molar-refractivity contribution in [3.63, 3.8) is 0 Å². The maximum absolute atomic E-state index is 13.2. The molecular formula is C29H19F2NO2. The summed E-state index contributed by atoms with van der Waals surface area (Å²) in [6.45, 7) is 0. The van der Waals surface area contributed by atoms with Gasteiger partial charge in [-0.1, -0.05) is 30.3 Å². The molecule has 34 heavy (non-hydrogen) atoms. The Labute approximate surface area is 195 Å². The van der Waals surface area contributed by atoms with Crippen molar-refractivity contribution in [2.75, 3.05) is 0 Å². The number of benzene rings is 4. The largest absolute Gasteiger partial charge is 0.457 e. The highest BCUT2D eigenvalue weighted by molar-refractivity contribution is 5.68. The van der Waals surface area contributed by atoms with E-state index in [1.54, 1.807) is 24.3 Å². The minimum absolute atomic E-state index is 0.311. The van der Waals surface area contributed by atoms with Crippen molar-refractivity contribution >= 4 is 0 Å². The standard InChI is InChI=1S/C29H19F2NO2/c30-22-10-14-24(15-11-22)33-26-6-1-4-20(18-26)28-8-3-9-29(32-28)21-5-2-7-27(19-21)34-25-16-12-23(31)13-17-25/h1-19H. The van der Waals surface area contributed by atoms with Gasteiger partial charge in [0.1, 0.15) is 34.6 Å². The summed E-state index contributed by atoms with van der Waals surface area (Å²) >= 11 is 0. The average molecular weight is 451 g/mol. The number of hydrogen-bond acceptors (Lipinski definition) is 3. The third kappa shape index (κ3) is 5.10. The molecule has 0 aliphatic heterocycles. The molecule has 0 bridgehead atoms. The van der Waals surface area contributed by atoms with Crippen LogP contribution in [0.25, 0.3) is 22.5 Å². The van der Waals surface area contributed by atoms with E-state index < -0.39 is 0 Å². The molecule has 5 aromatic rings. The maximum Gasteiger partial charge on any atom is 0.128 e. The Morgan fingerprint density at radius 1 is 0.441 bits per heavy atom. The van der Waals surface area contributed by atoms with E-state index in [4.69, 9.17) is 14.5 Å². The third-order valence-electron chi connectivity index (χ3n) is 5.11. The number of pyridine rings is 1. The zero-order valence-corrected chi connectivity index (χ0v) is 18.0. The summed E-state index contributed by atoms with van der Waals surface area (Å²) in [5, 5.41) is 0. The van der Waals surface area contributed by atoms with E-state index in [1.807, 2.05) is 66.7 Å². The lowest BCUT2D eigenvalue weighted by Gasteiger charge is -2.10. The van der Waals surface area contributed by atoms with Crippen LogP contribution in [-0.4, -0.2) is 4.98 Å². The normalized spacial score (nSPS) is 10.6. The minimum Gasteiger partial charge on any atom is -0.457 e. The molecule has 0 unspecified atom stereocenters. The number of ether oxygens (including phenoxy) is 2. The smallest absolute Gasteiger partial charge is 0.128 e. The molecule has 0 aliphatic carbocycles. The van der Waals surface area contributed by atoms with Gasteiger partial charge in [0.2, 0.25) is 0 Å². The van der Waals surface area contributed by atoms with Crippen molar-refractivity contribution in [1.29, 1.82) is 0 Å². The highest BCUT2D eigenvalue weighted by atomic mass is 19.1. The Hall–Kier alpha value is -4.51. The second-order valence-corrected chi connectivity index (χ2v) is 7.58. The Bertz CT molecular complexity index is 1310. The van der Waals surface area contributed by atoms with Gasteiger partial charge in [0, 0.05) is 11.1 Å². The van der Waals surface area contributed by atoms with Crippen LogP contribution in [0.4, 0.5) is 8.78 Å². The Balaban J connectivity index is 1.39. The van der Waals surface area contributed by atoms with Crippen LogP contribution in [0.1, 0.15) is 0 Å². The van der Waals surface area contributed by atoms with Crippen molar-refractivity contribution in [1.82, 2.24) is 4.98 Å². The molecule has 1 heterocycles. The fourth-order valence-corrected chi connectivity index (χ4v) is 3.47. The first-order valence-electron chi connectivity index (χ1n) is 10.7. The van der Waals surface area contributed by atoms with Gasteiger partial charge in [0.05, 0.1) is 11.4 Å². The first-order chi connectivity index (χ1) is 16.6. The Kier molecular flexibility index (Phi) is 5.99. The van der Waals surface area contributed by atoms with Crippen molar-refractivity contribution in [2.45, 2.75) is 0 Å². The molecule has 0 N–H and O–H groups in total. The number of nitrogens with zero attached hydrogens (tertiary/aromatic N) is 1. The van der Waals surface area contributed by atoms with Gasteiger partial charge in [-0.3, -0.25) is 0 Å². The molecule has 0 amide bonds. The molecule has 166 valence electrons. The van der Waals surface area contributed by atoms with Gasteiger partial charge in [-0.05, 0) is 84.9 Å². The molecule has 0 radical (unpaired) electrons. The first-order valence-corrected chi connectivity index (χ1v) is 10.7. The summed E-state index contributed by atoms with van der Waals surface area (Å²) in [7, 11) is 0. The van der Waals surface area contributed by atoms with Crippen molar-refractivity contribution in [3.8, 4) is 45.5 Å². The zero-order chi connectivity index (χ0) is 23.3. The van der Waals surface area contributed by atoms with Gasteiger partial charge >= 0.3 is 0 Å². The lowest BCUT2D eigenvalue weighted by atomic mass is 10.1. The van der Waals surface area contributed by atoms with Crippen molar-refractivity contribution < 1.29 is 18.3 Å². The summed E-state index contributed by atoms with van der Waals surface area (Å²) in [4.78, 5) is 4.82. The van der Waals surface area contributed by atoms with Crippen LogP contribution in [0, 0.1) is 11.6 Å². The van der Waals surface area contributed by atoms with Gasteiger partial charge < -0.3 is 9.47 Å². The molecule has 1 aromatic heterocycles. The van der Waals surface area contributed by atoms with Gasteiger partial charge in [0.15, 0.2) is 0 Å². The van der Waals surface area contributed by atoms with Crippen LogP contribution in [0.15, 0.2) is 115 Å². The molecule has 5 heteroatoms. The van der Waals surface area contributed by atoms with E-state index in [1.165, 1.54) is 24.3 Å². The highest BCUT2D eigenvalue weighted by Gasteiger charge is 2.07. The molecule has 3 nitrogen and oxygen atoms in total. The van der Waals surface area contributed by atoms with E-state index in [2.05, 4.69) is 0 Å². The molecule has 0 spiro atoms. The van der Waals surface area contributed by atoms with Crippen LogP contribution >= 0.6 is 0 Å². The first kappa shape index (κ1) is 21.3. The zero-order valence-electron chi connectivity index (χ0n) is 18.0. The van der Waals surface area contributed by atoms with Crippen molar-refractivity contribution in [2.24, 2.45) is 0 Å². The van der Waals surface area contributed by atoms with Gasteiger partial charge in [-0.15, -0.1) is 0 Å². The van der Waals surface area contributed by atoms with Gasteiger partial charge in [0.25, 0.3) is 0 Å². The predicted molar refractivity (Wildman–Crippen MR) is 128 cm³/mol. The summed E-state index contributed by atoms with van der Waals surface area (Å²) in [5.41, 5.74) is 3.35. The SMILES string of the molecule is Fc1ccc(Oc2cccc(-c3cccc(-c4cccc(Oc5ccc(F)cc5)c4)n3)c2)cc1. The molecule has 4 aromatic carbocycles. The molecule has 0 fully saturated rings. The molecule has 0 saturated carbocycles. The Morgan fingerprint density at radius 3 is 1.29 bits per heavy atom. The van der Waals surface area contributed by atoms with Crippen LogP contribution in [-0.2, 0) is 0 Å². The summed E-state index contributed by atoms with van der Waals surface area (Å²) in [6.07, 6.45) is 0. The highest BCUT2D eigenvalue weighted by Crippen LogP contribution is 2.30. The number of aromatic nitrogens is 1. The second kappa shape index (κ2) is 9.55. The van der Waals surface area contributed by atoms with E-state index in [0.29, 0.717) is 23.0 Å². The van der Waals surface area contributed by atoms with Gasteiger partial charge in [-0.2, -0.15) is 0 Å². The number of hydrogen-bond donors (Lipinski definition) is 0. The van der Waals surface area contributed by atoms with Gasteiger partial charge in [-0.25, -0.2) is 13.8 Å². The van der Waals surface area contributed by atoms with E-state index in [-0.39, 0.29) is 11.6 Å². The lowest BCUT2D eigenvalue weighted by molar-refractivity contribution is 0.480. The number of halogens is 2. The minimum atomic E-state index is -0.311. The predicted octanol–water partition coefficient (Wildman–Crippen LogP) is 8.28. The van der Waals surface area contributed by atoms with E-state index >= 15 is 0 Å². The molecule has 5 rings (SSSR count). The van der Waals surface area contributed by atoms with Crippen molar-refractivity contribution in [3.05, 3.63) is 127 Å². The fourth-order valence-electron chi connectivity index (χ4n) is 3.47. The molecule has 0 saturated heterocycles. The number of rotatable bonds is 6. The molecule has 0 aliphatic rings. The summed E-state index contributed by atoms with van der Waals surface area (Å²) < 4.78 is 38.0. The monoisotopic (exact) mass is 451 g/mol. The van der Waals surface area contributed by atoms with Crippen LogP contribution in [0.5, 0.6) is 23.0 Å². The topological polar surface area (TPSA) is 31.4 Å². The summed E-state index contributed by atoms with van der Waals surface area (Å²) in [6, 6.07) is 32.7. The average Bonchev–Trinajstić information content (AvgIpc) is 2.87. The van der Waals surface area contributed by atoms with Crippen LogP contribution in [0.3, 0.4) is 0 Å². The molecule has 0 atom stereocenters. The fraction of sp³-hybridized carbons (Fsp3) is 0. The van der Waals surface area contributed by atoms with E-state index in [0.717, 1.165) is 22.5 Å². The van der Waals surface area contributed by atoms with Crippen LogP contribution in [0.2, 0.25) is 0 Å². The summed E-state index contributed by atoms with van der Waals surface area (Å²) in [5.74, 6) is 1.75. The quantitative estimate of drug-likeness (QED) is 0.260. The Morgan fingerprint density at radius 2 is 0.853 bits per heavy atom. The maximum atomic E-state index is 13.2. The van der Waals surface area contributed by atoms with E-state index in [9.17, 15) is 8.78 Å². The second-order valence-electron chi connectivity index (χ2n) is 7.58.